The molecular formula is C19H19NO. The van der Waals surface area contributed by atoms with Gasteiger partial charge in [-0.05, 0) is 35.9 Å². The van der Waals surface area contributed by atoms with Gasteiger partial charge in [-0.2, -0.15) is 0 Å². The summed E-state index contributed by atoms with van der Waals surface area (Å²) >= 11 is 0. The lowest BCUT2D eigenvalue weighted by atomic mass is 9.93. The van der Waals surface area contributed by atoms with Crippen LogP contribution in [0.2, 0.25) is 0 Å². The second-order valence-corrected chi connectivity index (χ2v) is 5.54. The maximum absolute atomic E-state index is 10.7. The van der Waals surface area contributed by atoms with Gasteiger partial charge in [-0.1, -0.05) is 42.5 Å². The average Bonchev–Trinajstić information content (AvgIpc) is 2.50. The van der Waals surface area contributed by atoms with Gasteiger partial charge < -0.3 is 5.11 Å². The minimum absolute atomic E-state index is 0.539. The Labute approximate surface area is 125 Å². The number of aryl methyl sites for hydroxylation is 2. The summed E-state index contributed by atoms with van der Waals surface area (Å²) < 4.78 is 0. The maximum atomic E-state index is 10.7. The Morgan fingerprint density at radius 3 is 2.43 bits per heavy atom. The number of aliphatic hydroxyl groups is 1. The van der Waals surface area contributed by atoms with Crippen LogP contribution < -0.4 is 0 Å². The lowest BCUT2D eigenvalue weighted by molar-refractivity contribution is 0.179. The van der Waals surface area contributed by atoms with Gasteiger partial charge in [0.05, 0.1) is 6.10 Å². The number of hydrogen-bond donors (Lipinski definition) is 1. The minimum atomic E-state index is -0.539. The van der Waals surface area contributed by atoms with Gasteiger partial charge in [0.15, 0.2) is 0 Å². The summed E-state index contributed by atoms with van der Waals surface area (Å²) in [6.07, 6.45) is 3.70. The molecule has 3 aromatic rings. The molecule has 0 radical (unpaired) electrons. The highest BCUT2D eigenvalue weighted by Gasteiger charge is 2.14. The molecule has 0 spiro atoms. The summed E-state index contributed by atoms with van der Waals surface area (Å²) in [5.74, 6) is 0. The van der Waals surface area contributed by atoms with Crippen molar-refractivity contribution in [1.29, 1.82) is 0 Å². The molecule has 106 valence electrons. The van der Waals surface area contributed by atoms with Crippen molar-refractivity contribution in [2.75, 3.05) is 0 Å². The van der Waals surface area contributed by atoms with Crippen molar-refractivity contribution in [1.82, 2.24) is 4.98 Å². The van der Waals surface area contributed by atoms with E-state index >= 15 is 0 Å². The highest BCUT2D eigenvalue weighted by atomic mass is 16.3. The number of rotatable bonds is 3. The van der Waals surface area contributed by atoms with E-state index in [1.54, 1.807) is 6.20 Å². The smallest absolute Gasteiger partial charge is 0.0851 e. The molecule has 1 unspecified atom stereocenters. The van der Waals surface area contributed by atoms with Gasteiger partial charge in [0, 0.05) is 29.8 Å². The van der Waals surface area contributed by atoms with Crippen LogP contribution in [0.4, 0.5) is 0 Å². The average molecular weight is 277 g/mol. The van der Waals surface area contributed by atoms with E-state index in [4.69, 9.17) is 0 Å². The standard InChI is InChI=1S/C19H19NO/c1-13-6-5-7-14(2)17(13)10-19(21)18-12-20-11-15-8-3-4-9-16(15)18/h3-9,11-12,19,21H,10H2,1-2H3. The van der Waals surface area contributed by atoms with Gasteiger partial charge in [-0.3, -0.25) is 4.98 Å². The Morgan fingerprint density at radius 2 is 1.67 bits per heavy atom. The number of aromatic nitrogens is 1. The van der Waals surface area contributed by atoms with Crippen molar-refractivity contribution in [3.05, 3.63) is 77.1 Å². The van der Waals surface area contributed by atoms with Crippen molar-refractivity contribution >= 4 is 10.8 Å². The fourth-order valence-corrected chi connectivity index (χ4v) is 2.88. The van der Waals surface area contributed by atoms with Crippen LogP contribution >= 0.6 is 0 Å². The zero-order valence-corrected chi connectivity index (χ0v) is 12.4. The molecule has 0 aliphatic carbocycles. The zero-order chi connectivity index (χ0) is 14.8. The van der Waals surface area contributed by atoms with Crippen LogP contribution in [0.15, 0.2) is 54.9 Å². The molecule has 21 heavy (non-hydrogen) atoms. The molecule has 0 bridgehead atoms. The molecule has 1 N–H and O–H groups in total. The SMILES string of the molecule is Cc1cccc(C)c1CC(O)c1cncc2ccccc12. The van der Waals surface area contributed by atoms with Crippen LogP contribution in [0.25, 0.3) is 10.8 Å². The van der Waals surface area contributed by atoms with Crippen molar-refractivity contribution in [2.24, 2.45) is 0 Å². The normalized spacial score (nSPS) is 12.5. The molecule has 0 aliphatic rings. The summed E-state index contributed by atoms with van der Waals surface area (Å²) in [5.41, 5.74) is 4.57. The number of benzene rings is 2. The van der Waals surface area contributed by atoms with E-state index in [0.29, 0.717) is 6.42 Å². The summed E-state index contributed by atoms with van der Waals surface area (Å²) in [6, 6.07) is 14.3. The van der Waals surface area contributed by atoms with E-state index in [9.17, 15) is 5.11 Å². The molecule has 1 atom stereocenters. The van der Waals surface area contributed by atoms with E-state index in [1.807, 2.05) is 30.5 Å². The number of nitrogens with zero attached hydrogens (tertiary/aromatic N) is 1. The fourth-order valence-electron chi connectivity index (χ4n) is 2.88. The number of hydrogen-bond acceptors (Lipinski definition) is 2. The van der Waals surface area contributed by atoms with Crippen molar-refractivity contribution in [3.63, 3.8) is 0 Å². The fraction of sp³-hybridized carbons (Fsp3) is 0.211. The Kier molecular flexibility index (Phi) is 3.72. The minimum Gasteiger partial charge on any atom is -0.388 e. The summed E-state index contributed by atoms with van der Waals surface area (Å²) in [4.78, 5) is 4.26. The molecule has 1 heterocycles. The molecule has 0 fully saturated rings. The third-order valence-corrected chi connectivity index (χ3v) is 4.10. The molecule has 0 saturated heterocycles. The first-order valence-corrected chi connectivity index (χ1v) is 7.22. The second kappa shape index (κ2) is 5.66. The first kappa shape index (κ1) is 13.8. The number of aliphatic hydroxyl groups excluding tert-OH is 1. The van der Waals surface area contributed by atoms with Crippen LogP contribution in [0, 0.1) is 13.8 Å². The predicted octanol–water partition coefficient (Wildman–Crippen LogP) is 4.13. The van der Waals surface area contributed by atoms with Gasteiger partial charge in [-0.15, -0.1) is 0 Å². The Hall–Kier alpha value is -2.19. The van der Waals surface area contributed by atoms with E-state index in [1.165, 1.54) is 16.7 Å². The quantitative estimate of drug-likeness (QED) is 0.781. The van der Waals surface area contributed by atoms with Crippen LogP contribution in [-0.2, 0) is 6.42 Å². The molecule has 0 saturated carbocycles. The molecule has 0 aliphatic heterocycles. The van der Waals surface area contributed by atoms with Crippen LogP contribution in [-0.4, -0.2) is 10.1 Å². The highest BCUT2D eigenvalue weighted by Crippen LogP contribution is 2.27. The van der Waals surface area contributed by atoms with Crippen LogP contribution in [0.1, 0.15) is 28.4 Å². The van der Waals surface area contributed by atoms with E-state index < -0.39 is 6.10 Å². The number of pyridine rings is 1. The number of fused-ring (bicyclic) bond motifs is 1. The van der Waals surface area contributed by atoms with Gasteiger partial charge >= 0.3 is 0 Å². The van der Waals surface area contributed by atoms with Gasteiger partial charge in [-0.25, -0.2) is 0 Å². The zero-order valence-electron chi connectivity index (χ0n) is 12.4. The van der Waals surface area contributed by atoms with E-state index in [-0.39, 0.29) is 0 Å². The Morgan fingerprint density at radius 1 is 0.952 bits per heavy atom. The maximum Gasteiger partial charge on any atom is 0.0851 e. The second-order valence-electron chi connectivity index (χ2n) is 5.54. The first-order valence-electron chi connectivity index (χ1n) is 7.22. The monoisotopic (exact) mass is 277 g/mol. The van der Waals surface area contributed by atoms with Gasteiger partial charge in [0.1, 0.15) is 0 Å². The Bertz CT molecular complexity index is 754. The van der Waals surface area contributed by atoms with Crippen LogP contribution in [0.3, 0.4) is 0 Å². The highest BCUT2D eigenvalue weighted by molar-refractivity contribution is 5.84. The molecular weight excluding hydrogens is 258 g/mol. The molecule has 3 rings (SSSR count). The summed E-state index contributed by atoms with van der Waals surface area (Å²) in [5, 5.41) is 12.8. The third kappa shape index (κ3) is 2.67. The lowest BCUT2D eigenvalue weighted by Crippen LogP contribution is -2.06. The van der Waals surface area contributed by atoms with Gasteiger partial charge in [0.2, 0.25) is 0 Å². The van der Waals surface area contributed by atoms with Crippen LogP contribution in [0.5, 0.6) is 0 Å². The summed E-state index contributed by atoms with van der Waals surface area (Å²) in [7, 11) is 0. The third-order valence-electron chi connectivity index (χ3n) is 4.10. The summed E-state index contributed by atoms with van der Waals surface area (Å²) in [6.45, 7) is 4.19. The van der Waals surface area contributed by atoms with Crippen molar-refractivity contribution in [2.45, 2.75) is 26.4 Å². The Balaban J connectivity index is 2.00. The largest absolute Gasteiger partial charge is 0.388 e. The predicted molar refractivity (Wildman–Crippen MR) is 86.3 cm³/mol. The molecule has 0 amide bonds. The first-order chi connectivity index (χ1) is 10.2. The molecule has 2 aromatic carbocycles. The van der Waals surface area contributed by atoms with E-state index in [2.05, 4.69) is 37.0 Å². The topological polar surface area (TPSA) is 33.1 Å². The molecule has 2 nitrogen and oxygen atoms in total. The molecule has 1 aromatic heterocycles. The van der Waals surface area contributed by atoms with E-state index in [0.717, 1.165) is 16.3 Å². The molecule has 2 heteroatoms. The van der Waals surface area contributed by atoms with Gasteiger partial charge in [0.25, 0.3) is 0 Å². The van der Waals surface area contributed by atoms with Crippen molar-refractivity contribution < 1.29 is 5.11 Å². The lowest BCUT2D eigenvalue weighted by Gasteiger charge is -2.16. The van der Waals surface area contributed by atoms with Crippen molar-refractivity contribution in [3.8, 4) is 0 Å².